The van der Waals surface area contributed by atoms with Gasteiger partial charge in [-0.2, -0.15) is 0 Å². The van der Waals surface area contributed by atoms with Gasteiger partial charge in [0.2, 0.25) is 11.9 Å². The van der Waals surface area contributed by atoms with E-state index in [2.05, 4.69) is 39.9 Å². The standard InChI is InChI=1S/C25H30N4O/c30-23(16-19-10-5-1-2-6-11-19)26-17-21-18-27-25(29-24(21)20-12-9-13-20)28-22-14-7-3-4-8-15-22/h1,5-6,9-13,18,22H,2-4,7-8,14-17H2,(H,26,30)(H,27,28,29). The van der Waals surface area contributed by atoms with Crippen molar-refractivity contribution < 1.29 is 4.79 Å². The van der Waals surface area contributed by atoms with Gasteiger partial charge in [0.25, 0.3) is 0 Å². The van der Waals surface area contributed by atoms with Gasteiger partial charge in [0.1, 0.15) is 0 Å². The second kappa shape index (κ2) is 10.2. The summed E-state index contributed by atoms with van der Waals surface area (Å²) in [5.41, 5.74) is 3.95. The zero-order chi connectivity index (χ0) is 20.6. The lowest BCUT2D eigenvalue weighted by Gasteiger charge is -2.19. The van der Waals surface area contributed by atoms with E-state index in [4.69, 9.17) is 4.98 Å². The fourth-order valence-electron chi connectivity index (χ4n) is 4.00. The van der Waals surface area contributed by atoms with E-state index in [0.717, 1.165) is 28.8 Å². The van der Waals surface area contributed by atoms with Crippen LogP contribution in [0.25, 0.3) is 5.57 Å². The molecule has 1 fully saturated rings. The second-order valence-electron chi connectivity index (χ2n) is 8.14. The highest BCUT2D eigenvalue weighted by Crippen LogP contribution is 2.26. The van der Waals surface area contributed by atoms with E-state index in [1.165, 1.54) is 38.5 Å². The molecule has 1 saturated carbocycles. The van der Waals surface area contributed by atoms with Crippen LogP contribution in [0.3, 0.4) is 0 Å². The third-order valence-corrected chi connectivity index (χ3v) is 5.77. The SMILES string of the molecule is O=C(CC1=CC=CCC=C1)NCc1cnc(NC2CCCCCC2)nc1C1=CC=C1. The van der Waals surface area contributed by atoms with E-state index in [0.29, 0.717) is 25.0 Å². The number of rotatable bonds is 7. The molecule has 0 saturated heterocycles. The molecule has 0 bridgehead atoms. The highest BCUT2D eigenvalue weighted by atomic mass is 16.1. The van der Waals surface area contributed by atoms with Crippen LogP contribution in [0, 0.1) is 0 Å². The Bertz CT molecular complexity index is 915. The number of carbonyl (C=O) groups excluding carboxylic acids is 1. The minimum atomic E-state index is 0.00550. The van der Waals surface area contributed by atoms with E-state index in [-0.39, 0.29) is 5.91 Å². The quantitative estimate of drug-likeness (QED) is 0.629. The topological polar surface area (TPSA) is 66.9 Å². The largest absolute Gasteiger partial charge is 0.352 e. The predicted octanol–water partition coefficient (Wildman–Crippen LogP) is 5.01. The maximum absolute atomic E-state index is 12.4. The molecule has 0 atom stereocenters. The van der Waals surface area contributed by atoms with E-state index in [1.54, 1.807) is 0 Å². The molecule has 5 heteroatoms. The third kappa shape index (κ3) is 5.56. The van der Waals surface area contributed by atoms with Crippen molar-refractivity contribution in [3.63, 3.8) is 0 Å². The number of hydrogen-bond donors (Lipinski definition) is 2. The second-order valence-corrected chi connectivity index (χ2v) is 8.14. The number of hydrogen-bond acceptors (Lipinski definition) is 4. The van der Waals surface area contributed by atoms with Gasteiger partial charge in [0.05, 0.1) is 12.1 Å². The predicted molar refractivity (Wildman–Crippen MR) is 122 cm³/mol. The van der Waals surface area contributed by atoms with Crippen LogP contribution in [0.15, 0.2) is 60.4 Å². The molecule has 0 spiro atoms. The smallest absolute Gasteiger partial charge is 0.224 e. The van der Waals surface area contributed by atoms with Crippen molar-refractivity contribution in [1.29, 1.82) is 0 Å². The van der Waals surface area contributed by atoms with Crippen molar-refractivity contribution in [2.24, 2.45) is 0 Å². The summed E-state index contributed by atoms with van der Waals surface area (Å²) in [4.78, 5) is 21.8. The Labute approximate surface area is 178 Å². The van der Waals surface area contributed by atoms with Gasteiger partial charge in [0.15, 0.2) is 0 Å². The van der Waals surface area contributed by atoms with Gasteiger partial charge in [0, 0.05) is 29.9 Å². The van der Waals surface area contributed by atoms with Crippen molar-refractivity contribution in [3.8, 4) is 0 Å². The van der Waals surface area contributed by atoms with Crippen LogP contribution in [0.5, 0.6) is 0 Å². The van der Waals surface area contributed by atoms with E-state index >= 15 is 0 Å². The Morgan fingerprint density at radius 1 is 1.03 bits per heavy atom. The average molecular weight is 403 g/mol. The first-order chi connectivity index (χ1) is 14.8. The van der Waals surface area contributed by atoms with Gasteiger partial charge >= 0.3 is 0 Å². The number of amides is 1. The van der Waals surface area contributed by atoms with E-state index in [1.807, 2.05) is 30.5 Å². The Balaban J connectivity index is 1.40. The van der Waals surface area contributed by atoms with Gasteiger partial charge in [-0.1, -0.05) is 74.3 Å². The third-order valence-electron chi connectivity index (χ3n) is 5.77. The Kier molecular flexibility index (Phi) is 6.91. The summed E-state index contributed by atoms with van der Waals surface area (Å²) in [7, 11) is 0. The summed E-state index contributed by atoms with van der Waals surface area (Å²) in [6.07, 6.45) is 27.0. The van der Waals surface area contributed by atoms with Crippen LogP contribution >= 0.6 is 0 Å². The Morgan fingerprint density at radius 3 is 2.63 bits per heavy atom. The Hall–Kier alpha value is -2.95. The molecule has 1 heterocycles. The van der Waals surface area contributed by atoms with Crippen LogP contribution in [-0.4, -0.2) is 21.9 Å². The van der Waals surface area contributed by atoms with Gasteiger partial charge in [-0.05, 0) is 24.8 Å². The molecule has 156 valence electrons. The molecule has 3 aliphatic rings. The molecule has 0 aromatic carbocycles. The molecule has 5 nitrogen and oxygen atoms in total. The maximum Gasteiger partial charge on any atom is 0.224 e. The summed E-state index contributed by atoms with van der Waals surface area (Å²) < 4.78 is 0. The molecule has 3 aliphatic carbocycles. The fourth-order valence-corrected chi connectivity index (χ4v) is 4.00. The van der Waals surface area contributed by atoms with Crippen molar-refractivity contribution in [2.45, 2.75) is 64.0 Å². The lowest BCUT2D eigenvalue weighted by molar-refractivity contribution is -0.120. The van der Waals surface area contributed by atoms with Crippen LogP contribution in [0.1, 0.15) is 62.6 Å². The highest BCUT2D eigenvalue weighted by molar-refractivity contribution is 5.82. The number of carbonyl (C=O) groups is 1. The molecule has 1 aromatic rings. The highest BCUT2D eigenvalue weighted by Gasteiger charge is 2.17. The summed E-state index contributed by atoms with van der Waals surface area (Å²) in [5, 5.41) is 6.56. The van der Waals surface area contributed by atoms with Gasteiger partial charge < -0.3 is 10.6 Å². The fraction of sp³-hybridized carbons (Fsp3) is 0.400. The molecule has 0 aliphatic heterocycles. The van der Waals surface area contributed by atoms with Gasteiger partial charge in [-0.25, -0.2) is 9.97 Å². The number of allylic oxidation sites excluding steroid dienone is 9. The molecular formula is C25H30N4O. The monoisotopic (exact) mass is 402 g/mol. The molecule has 4 rings (SSSR count). The molecule has 1 amide bonds. The minimum absolute atomic E-state index is 0.00550. The van der Waals surface area contributed by atoms with Gasteiger partial charge in [-0.3, -0.25) is 4.79 Å². The molecular weight excluding hydrogens is 372 g/mol. The number of nitrogens with one attached hydrogen (secondary N) is 2. The van der Waals surface area contributed by atoms with Crippen LogP contribution in [0.2, 0.25) is 0 Å². The number of aromatic nitrogens is 2. The van der Waals surface area contributed by atoms with Crippen molar-refractivity contribution in [2.75, 3.05) is 5.32 Å². The van der Waals surface area contributed by atoms with Crippen LogP contribution < -0.4 is 10.6 Å². The van der Waals surface area contributed by atoms with Crippen LogP contribution in [-0.2, 0) is 11.3 Å². The average Bonchev–Trinajstić information content (AvgIpc) is 3.11. The molecule has 0 unspecified atom stereocenters. The summed E-state index contributed by atoms with van der Waals surface area (Å²) in [6.45, 7) is 0.426. The lowest BCUT2D eigenvalue weighted by atomic mass is 10.0. The molecule has 0 radical (unpaired) electrons. The summed E-state index contributed by atoms with van der Waals surface area (Å²) in [5.74, 6) is 0.694. The van der Waals surface area contributed by atoms with Crippen molar-refractivity contribution in [1.82, 2.24) is 15.3 Å². The molecule has 1 aromatic heterocycles. The first-order valence-electron chi connectivity index (χ1n) is 11.1. The van der Waals surface area contributed by atoms with E-state index < -0.39 is 0 Å². The first-order valence-corrected chi connectivity index (χ1v) is 11.1. The maximum atomic E-state index is 12.4. The van der Waals surface area contributed by atoms with Gasteiger partial charge in [-0.15, -0.1) is 0 Å². The van der Waals surface area contributed by atoms with Crippen LogP contribution in [0.4, 0.5) is 5.95 Å². The first kappa shape index (κ1) is 20.3. The lowest BCUT2D eigenvalue weighted by Crippen LogP contribution is -2.24. The van der Waals surface area contributed by atoms with E-state index in [9.17, 15) is 4.79 Å². The zero-order valence-corrected chi connectivity index (χ0v) is 17.4. The summed E-state index contributed by atoms with van der Waals surface area (Å²) in [6, 6.07) is 0.451. The molecule has 30 heavy (non-hydrogen) atoms. The Morgan fingerprint density at radius 2 is 1.87 bits per heavy atom. The van der Waals surface area contributed by atoms with Crippen molar-refractivity contribution >= 4 is 17.4 Å². The zero-order valence-electron chi connectivity index (χ0n) is 17.4. The normalized spacial score (nSPS) is 18.7. The number of nitrogens with zero attached hydrogens (tertiary/aromatic N) is 2. The number of anilines is 1. The molecule has 2 N–H and O–H groups in total. The van der Waals surface area contributed by atoms with Crippen molar-refractivity contribution in [3.05, 3.63) is 71.6 Å². The minimum Gasteiger partial charge on any atom is -0.352 e. The summed E-state index contributed by atoms with van der Waals surface area (Å²) >= 11 is 0.